The van der Waals surface area contributed by atoms with E-state index in [4.69, 9.17) is 16.3 Å². The highest BCUT2D eigenvalue weighted by Crippen LogP contribution is 2.37. The molecule has 0 spiro atoms. The molecule has 1 fully saturated rings. The van der Waals surface area contributed by atoms with Crippen molar-refractivity contribution in [1.82, 2.24) is 9.88 Å². The molecule has 166 valence electrons. The van der Waals surface area contributed by atoms with Gasteiger partial charge in [-0.2, -0.15) is 0 Å². The molecule has 1 aromatic carbocycles. The number of hydrogen-bond donors (Lipinski definition) is 1. The van der Waals surface area contributed by atoms with Crippen LogP contribution in [0.2, 0.25) is 5.02 Å². The molecule has 0 radical (unpaired) electrons. The van der Waals surface area contributed by atoms with E-state index in [0.29, 0.717) is 23.9 Å². The number of thiophene rings is 1. The molecule has 1 amide bonds. The van der Waals surface area contributed by atoms with E-state index in [0.717, 1.165) is 40.8 Å². The molecule has 1 aliphatic heterocycles. The maximum absolute atomic E-state index is 13.1. The van der Waals surface area contributed by atoms with E-state index >= 15 is 0 Å². The number of fused-ring (bicyclic) bond motifs is 1. The zero-order chi connectivity index (χ0) is 22.3. The van der Waals surface area contributed by atoms with Gasteiger partial charge in [0.05, 0.1) is 22.3 Å². The Morgan fingerprint density at radius 1 is 1.29 bits per heavy atom. The van der Waals surface area contributed by atoms with E-state index in [-0.39, 0.29) is 15.8 Å². The van der Waals surface area contributed by atoms with Gasteiger partial charge in [-0.1, -0.05) is 11.6 Å². The zero-order valence-corrected chi connectivity index (χ0v) is 20.0. The van der Waals surface area contributed by atoms with Gasteiger partial charge in [-0.05, 0) is 56.4 Å². The molecule has 0 saturated carbocycles. The van der Waals surface area contributed by atoms with Crippen LogP contribution in [0, 0.1) is 0 Å². The van der Waals surface area contributed by atoms with Crippen LogP contribution in [0.4, 0.5) is 0 Å². The Bertz CT molecular complexity index is 1220. The van der Waals surface area contributed by atoms with Crippen molar-refractivity contribution >= 4 is 49.6 Å². The van der Waals surface area contributed by atoms with Crippen LogP contribution in [-0.4, -0.2) is 49.7 Å². The van der Waals surface area contributed by atoms with Gasteiger partial charge in [0.1, 0.15) is 10.6 Å². The van der Waals surface area contributed by atoms with Crippen molar-refractivity contribution < 1.29 is 17.9 Å². The molecule has 1 N–H and O–H groups in total. The highest BCUT2D eigenvalue weighted by molar-refractivity contribution is 7.92. The van der Waals surface area contributed by atoms with Crippen molar-refractivity contribution in [2.45, 2.75) is 42.8 Å². The fourth-order valence-corrected chi connectivity index (χ4v) is 7.09. The van der Waals surface area contributed by atoms with E-state index in [1.807, 2.05) is 24.4 Å². The van der Waals surface area contributed by atoms with Crippen molar-refractivity contribution in [3.8, 4) is 5.75 Å². The summed E-state index contributed by atoms with van der Waals surface area (Å²) in [4.78, 5) is 18.5. The molecule has 31 heavy (non-hydrogen) atoms. The maximum Gasteiger partial charge on any atom is 0.265 e. The van der Waals surface area contributed by atoms with E-state index in [1.54, 1.807) is 25.9 Å². The van der Waals surface area contributed by atoms with Crippen molar-refractivity contribution in [1.29, 1.82) is 0 Å². The van der Waals surface area contributed by atoms with Gasteiger partial charge < -0.3 is 14.6 Å². The van der Waals surface area contributed by atoms with Crippen LogP contribution in [0.3, 0.4) is 0 Å². The average Bonchev–Trinajstić information content (AvgIpc) is 3.36. The first-order chi connectivity index (χ1) is 14.7. The predicted molar refractivity (Wildman–Crippen MR) is 124 cm³/mol. The van der Waals surface area contributed by atoms with Gasteiger partial charge in [-0.15, -0.1) is 11.3 Å². The van der Waals surface area contributed by atoms with Crippen molar-refractivity contribution in [2.75, 3.05) is 20.2 Å². The molecule has 6 nitrogen and oxygen atoms in total. The molecule has 4 rings (SSSR count). The molecular formula is C22H25ClN2O4S2. The summed E-state index contributed by atoms with van der Waals surface area (Å²) in [6.07, 6.45) is 3.71. The second-order valence-corrected chi connectivity index (χ2v) is 11.8. The number of H-pyrrole nitrogens is 1. The summed E-state index contributed by atoms with van der Waals surface area (Å²) < 4.78 is 30.3. The lowest BCUT2D eigenvalue weighted by atomic mass is 9.89. The van der Waals surface area contributed by atoms with Crippen LogP contribution in [0.15, 0.2) is 34.7 Å². The minimum absolute atomic E-state index is 0.0505. The monoisotopic (exact) mass is 480 g/mol. The number of hydrogen-bond acceptors (Lipinski definition) is 5. The molecule has 0 atom stereocenters. The first-order valence-electron chi connectivity index (χ1n) is 10.2. The topological polar surface area (TPSA) is 79.5 Å². The summed E-state index contributed by atoms with van der Waals surface area (Å²) in [5, 5.41) is 2.09. The van der Waals surface area contributed by atoms with Crippen molar-refractivity contribution in [3.63, 3.8) is 0 Å². The highest BCUT2D eigenvalue weighted by atomic mass is 35.5. The molecule has 9 heteroatoms. The number of sulfone groups is 1. The minimum Gasteiger partial charge on any atom is -0.497 e. The van der Waals surface area contributed by atoms with Gasteiger partial charge >= 0.3 is 0 Å². The number of nitrogens with zero attached hydrogens (tertiary/aromatic N) is 1. The molecule has 1 saturated heterocycles. The molecule has 1 aliphatic rings. The molecule has 0 aliphatic carbocycles. The van der Waals surface area contributed by atoms with Gasteiger partial charge in [0, 0.05) is 35.6 Å². The maximum atomic E-state index is 13.1. The van der Waals surface area contributed by atoms with Gasteiger partial charge in [0.2, 0.25) is 0 Å². The third-order valence-corrected chi connectivity index (χ3v) is 9.87. The zero-order valence-electron chi connectivity index (χ0n) is 17.6. The number of rotatable bonds is 5. The number of benzene rings is 1. The minimum atomic E-state index is -3.52. The largest absolute Gasteiger partial charge is 0.497 e. The number of nitrogens with one attached hydrogen (secondary N) is 1. The lowest BCUT2D eigenvalue weighted by Crippen LogP contribution is -2.37. The first kappa shape index (κ1) is 22.2. The quantitative estimate of drug-likeness (QED) is 0.551. The predicted octanol–water partition coefficient (Wildman–Crippen LogP) is 5.09. The molecule has 3 aromatic rings. The number of carbonyl (C=O) groups is 1. The van der Waals surface area contributed by atoms with E-state index in [9.17, 15) is 13.2 Å². The number of halogens is 1. The number of carbonyl (C=O) groups excluding carboxylic acids is 1. The highest BCUT2D eigenvalue weighted by Gasteiger charge is 2.31. The number of piperidine rings is 1. The number of aromatic nitrogens is 1. The fraction of sp³-hybridized carbons (Fsp3) is 0.409. The molecule has 0 bridgehead atoms. The summed E-state index contributed by atoms with van der Waals surface area (Å²) in [6.45, 7) is 4.41. The van der Waals surface area contributed by atoms with Crippen LogP contribution in [0.1, 0.15) is 47.8 Å². The second-order valence-electron chi connectivity index (χ2n) is 8.06. The Kier molecular flexibility index (Phi) is 6.07. The molecule has 3 heterocycles. The van der Waals surface area contributed by atoms with Crippen molar-refractivity contribution in [2.24, 2.45) is 0 Å². The SMILES string of the molecule is COc1ccc2[nH]cc(C3CCN(C(=O)c4scc(S(=O)(=O)C(C)C)c4Cl)CC3)c2c1. The van der Waals surface area contributed by atoms with E-state index in [2.05, 4.69) is 4.98 Å². The summed E-state index contributed by atoms with van der Waals surface area (Å²) >= 11 is 7.44. The lowest BCUT2D eigenvalue weighted by Gasteiger charge is -2.32. The van der Waals surface area contributed by atoms with Gasteiger partial charge in [-0.25, -0.2) is 8.42 Å². The summed E-state index contributed by atoms with van der Waals surface area (Å²) in [5.74, 6) is 0.959. The Morgan fingerprint density at radius 2 is 2.00 bits per heavy atom. The number of likely N-dealkylation sites (tertiary alicyclic amines) is 1. The van der Waals surface area contributed by atoms with E-state index in [1.165, 1.54) is 10.9 Å². The molecular weight excluding hydrogens is 456 g/mol. The summed E-state index contributed by atoms with van der Waals surface area (Å²) in [6, 6.07) is 5.99. The van der Waals surface area contributed by atoms with Crippen LogP contribution in [0.5, 0.6) is 5.75 Å². The van der Waals surface area contributed by atoms with Crippen molar-refractivity contribution in [3.05, 3.63) is 45.2 Å². The Labute approximate surface area is 191 Å². The van der Waals surface area contributed by atoms with Crippen LogP contribution in [0.25, 0.3) is 10.9 Å². The Hall–Kier alpha value is -2.03. The number of amides is 1. The first-order valence-corrected chi connectivity index (χ1v) is 13.0. The van der Waals surface area contributed by atoms with Gasteiger partial charge in [0.15, 0.2) is 9.84 Å². The Morgan fingerprint density at radius 3 is 2.65 bits per heavy atom. The van der Waals surface area contributed by atoms with E-state index < -0.39 is 15.1 Å². The van der Waals surface area contributed by atoms with Crippen LogP contribution < -0.4 is 4.74 Å². The third-order valence-electron chi connectivity index (χ3n) is 5.96. The summed E-state index contributed by atoms with van der Waals surface area (Å²) in [7, 11) is -1.86. The second kappa shape index (κ2) is 8.48. The normalized spacial score (nSPS) is 15.7. The smallest absolute Gasteiger partial charge is 0.265 e. The Balaban J connectivity index is 1.50. The molecule has 2 aromatic heterocycles. The number of methoxy groups -OCH3 is 1. The number of ether oxygens (including phenoxy) is 1. The van der Waals surface area contributed by atoms with Gasteiger partial charge in [0.25, 0.3) is 5.91 Å². The number of aromatic amines is 1. The molecule has 0 unspecified atom stereocenters. The lowest BCUT2D eigenvalue weighted by molar-refractivity contribution is 0.0718. The van der Waals surface area contributed by atoms with Crippen LogP contribution >= 0.6 is 22.9 Å². The van der Waals surface area contributed by atoms with Gasteiger partial charge in [-0.3, -0.25) is 4.79 Å². The standard InChI is InChI=1S/C22H25ClN2O4S2/c1-13(2)31(27,28)19-12-30-21(20(19)23)22(26)25-8-6-14(7-9-25)17-11-24-18-5-4-15(29-3)10-16(17)18/h4-5,10-14,24H,6-9H2,1-3H3. The average molecular weight is 481 g/mol. The van der Waals surface area contributed by atoms with Crippen LogP contribution in [-0.2, 0) is 9.84 Å². The summed E-state index contributed by atoms with van der Waals surface area (Å²) in [5.41, 5.74) is 2.30. The third kappa shape index (κ3) is 3.97. The fourth-order valence-electron chi connectivity index (χ4n) is 4.04.